The van der Waals surface area contributed by atoms with Gasteiger partial charge in [-0.25, -0.2) is 0 Å². The zero-order chi connectivity index (χ0) is 19.1. The van der Waals surface area contributed by atoms with Crippen molar-refractivity contribution in [3.05, 3.63) is 54.1 Å². The number of nitrogens with one attached hydrogen (secondary N) is 2. The molecule has 2 amide bonds. The molecule has 1 aliphatic heterocycles. The molecule has 2 N–H and O–H groups in total. The Kier molecular flexibility index (Phi) is 6.30. The molecule has 0 aromatic heterocycles. The second-order valence-electron chi connectivity index (χ2n) is 6.44. The molecule has 0 spiro atoms. The molecule has 3 rings (SSSR count). The van der Waals surface area contributed by atoms with Crippen molar-refractivity contribution in [3.8, 4) is 5.75 Å². The van der Waals surface area contributed by atoms with Crippen molar-refractivity contribution in [2.24, 2.45) is 0 Å². The minimum Gasteiger partial charge on any atom is -0.494 e. The largest absolute Gasteiger partial charge is 0.494 e. The molecule has 0 atom stereocenters. The number of amides is 2. The first-order valence-corrected chi connectivity index (χ1v) is 9.31. The number of ether oxygens (including phenoxy) is 1. The topological polar surface area (TPSA) is 70.7 Å². The molecule has 0 unspecified atom stereocenters. The quantitative estimate of drug-likeness (QED) is 0.787. The second-order valence-corrected chi connectivity index (χ2v) is 6.44. The summed E-state index contributed by atoms with van der Waals surface area (Å²) in [6, 6.07) is 14.6. The van der Waals surface area contributed by atoms with E-state index < -0.39 is 0 Å². The highest BCUT2D eigenvalue weighted by Gasteiger charge is 2.19. The Morgan fingerprint density at radius 3 is 2.56 bits per heavy atom. The maximum Gasteiger partial charge on any atom is 0.253 e. The molecule has 1 fully saturated rings. The number of nitrogens with zero attached hydrogens (tertiary/aromatic N) is 1. The van der Waals surface area contributed by atoms with Gasteiger partial charge in [0.1, 0.15) is 5.75 Å². The molecule has 0 aliphatic carbocycles. The monoisotopic (exact) mass is 367 g/mol. The fourth-order valence-corrected chi connectivity index (χ4v) is 3.08. The first-order valence-electron chi connectivity index (χ1n) is 9.31. The van der Waals surface area contributed by atoms with E-state index in [0.29, 0.717) is 17.9 Å². The molecule has 2 aromatic rings. The Morgan fingerprint density at radius 2 is 1.78 bits per heavy atom. The van der Waals surface area contributed by atoms with Gasteiger partial charge in [-0.15, -0.1) is 0 Å². The van der Waals surface area contributed by atoms with Crippen LogP contribution in [-0.4, -0.2) is 43.0 Å². The average molecular weight is 367 g/mol. The number of carbonyl (C=O) groups is 2. The van der Waals surface area contributed by atoms with Crippen molar-refractivity contribution in [3.63, 3.8) is 0 Å². The van der Waals surface area contributed by atoms with E-state index in [4.69, 9.17) is 4.74 Å². The Bertz CT molecular complexity index is 801. The highest BCUT2D eigenvalue weighted by Crippen LogP contribution is 2.18. The number of hydrogen-bond donors (Lipinski definition) is 2. The Labute approximate surface area is 159 Å². The first-order chi connectivity index (χ1) is 13.2. The predicted octanol–water partition coefficient (Wildman–Crippen LogP) is 3.37. The van der Waals surface area contributed by atoms with Crippen LogP contribution in [0, 0.1) is 0 Å². The molecular formula is C21H25N3O3. The summed E-state index contributed by atoms with van der Waals surface area (Å²) in [5, 5.41) is 5.91. The minimum absolute atomic E-state index is 0.0494. The highest BCUT2D eigenvalue weighted by molar-refractivity contribution is 5.96. The van der Waals surface area contributed by atoms with Gasteiger partial charge in [-0.1, -0.05) is 12.1 Å². The number of anilines is 2. The normalized spacial score (nSPS) is 13.3. The summed E-state index contributed by atoms with van der Waals surface area (Å²) >= 11 is 0. The summed E-state index contributed by atoms with van der Waals surface area (Å²) in [5.41, 5.74) is 2.08. The molecule has 1 aliphatic rings. The van der Waals surface area contributed by atoms with Crippen molar-refractivity contribution in [1.82, 2.24) is 4.90 Å². The van der Waals surface area contributed by atoms with Crippen LogP contribution in [0.4, 0.5) is 11.4 Å². The molecule has 1 saturated heterocycles. The second kappa shape index (κ2) is 9.07. The molecule has 27 heavy (non-hydrogen) atoms. The van der Waals surface area contributed by atoms with Gasteiger partial charge in [0, 0.05) is 36.1 Å². The third-order valence-corrected chi connectivity index (χ3v) is 4.38. The van der Waals surface area contributed by atoms with E-state index in [1.165, 1.54) is 0 Å². The van der Waals surface area contributed by atoms with Crippen molar-refractivity contribution < 1.29 is 14.3 Å². The lowest BCUT2D eigenvalue weighted by Gasteiger charge is -2.16. The van der Waals surface area contributed by atoms with E-state index in [2.05, 4.69) is 10.6 Å². The number of hydrogen-bond acceptors (Lipinski definition) is 4. The van der Waals surface area contributed by atoms with Crippen LogP contribution in [0.2, 0.25) is 0 Å². The minimum atomic E-state index is -0.167. The zero-order valence-electron chi connectivity index (χ0n) is 15.5. The van der Waals surface area contributed by atoms with Gasteiger partial charge in [-0.3, -0.25) is 9.59 Å². The molecule has 6 nitrogen and oxygen atoms in total. The maximum absolute atomic E-state index is 12.5. The summed E-state index contributed by atoms with van der Waals surface area (Å²) in [6.07, 6.45) is 2.13. The van der Waals surface area contributed by atoms with Gasteiger partial charge in [-0.05, 0) is 50.1 Å². The number of rotatable bonds is 7. The van der Waals surface area contributed by atoms with E-state index in [1.807, 2.05) is 48.2 Å². The third-order valence-electron chi connectivity index (χ3n) is 4.38. The molecular weight excluding hydrogens is 342 g/mol. The Morgan fingerprint density at radius 1 is 1.04 bits per heavy atom. The van der Waals surface area contributed by atoms with E-state index in [-0.39, 0.29) is 18.4 Å². The fraction of sp³-hybridized carbons (Fsp3) is 0.333. The Balaban J connectivity index is 1.55. The molecule has 142 valence electrons. The molecule has 6 heteroatoms. The van der Waals surface area contributed by atoms with Crippen LogP contribution in [0.15, 0.2) is 48.5 Å². The van der Waals surface area contributed by atoms with Crippen LogP contribution in [0.5, 0.6) is 5.75 Å². The smallest absolute Gasteiger partial charge is 0.253 e. The lowest BCUT2D eigenvalue weighted by molar-refractivity contribution is -0.114. The van der Waals surface area contributed by atoms with Crippen LogP contribution >= 0.6 is 0 Å². The first kappa shape index (κ1) is 18.8. The van der Waals surface area contributed by atoms with Gasteiger partial charge >= 0.3 is 0 Å². The zero-order valence-corrected chi connectivity index (χ0v) is 15.5. The highest BCUT2D eigenvalue weighted by atomic mass is 16.5. The van der Waals surface area contributed by atoms with Gasteiger partial charge in [-0.2, -0.15) is 0 Å². The summed E-state index contributed by atoms with van der Waals surface area (Å²) in [5.74, 6) is 0.602. The van der Waals surface area contributed by atoms with Crippen molar-refractivity contribution >= 4 is 23.2 Å². The summed E-state index contributed by atoms with van der Waals surface area (Å²) < 4.78 is 5.43. The summed E-state index contributed by atoms with van der Waals surface area (Å²) in [6.45, 7) is 4.24. The molecule has 0 radical (unpaired) electrons. The molecule has 0 saturated carbocycles. The number of likely N-dealkylation sites (tertiary alicyclic amines) is 1. The Hall–Kier alpha value is -3.02. The molecule has 0 bridgehead atoms. The van der Waals surface area contributed by atoms with E-state index >= 15 is 0 Å². The SMILES string of the molecule is CCOc1cccc(NC(=O)CNc2cccc(C(=O)N3CCCC3)c2)c1. The van der Waals surface area contributed by atoms with Crippen molar-refractivity contribution in [2.45, 2.75) is 19.8 Å². The van der Waals surface area contributed by atoms with Gasteiger partial charge in [0.2, 0.25) is 5.91 Å². The number of carbonyl (C=O) groups excluding carboxylic acids is 2. The van der Waals surface area contributed by atoms with Crippen LogP contribution in [0.1, 0.15) is 30.1 Å². The van der Waals surface area contributed by atoms with Crippen LogP contribution < -0.4 is 15.4 Å². The molecule has 2 aromatic carbocycles. The summed E-state index contributed by atoms with van der Waals surface area (Å²) in [4.78, 5) is 26.5. The van der Waals surface area contributed by atoms with Gasteiger partial charge < -0.3 is 20.3 Å². The van der Waals surface area contributed by atoms with Gasteiger partial charge in [0.05, 0.1) is 13.2 Å². The lowest BCUT2D eigenvalue weighted by atomic mass is 10.1. The van der Waals surface area contributed by atoms with E-state index in [9.17, 15) is 9.59 Å². The van der Waals surface area contributed by atoms with Gasteiger partial charge in [0.15, 0.2) is 0 Å². The van der Waals surface area contributed by atoms with Crippen LogP contribution in [0.25, 0.3) is 0 Å². The average Bonchev–Trinajstić information content (AvgIpc) is 3.21. The standard InChI is InChI=1S/C21H25N3O3/c1-2-27-19-10-6-9-18(14-19)23-20(25)15-22-17-8-5-7-16(13-17)21(26)24-11-3-4-12-24/h5-10,13-14,22H,2-4,11-12,15H2,1H3,(H,23,25). The maximum atomic E-state index is 12.5. The van der Waals surface area contributed by atoms with Crippen LogP contribution in [-0.2, 0) is 4.79 Å². The van der Waals surface area contributed by atoms with Gasteiger partial charge in [0.25, 0.3) is 5.91 Å². The predicted molar refractivity (Wildman–Crippen MR) is 106 cm³/mol. The van der Waals surface area contributed by atoms with E-state index in [0.717, 1.165) is 37.4 Å². The number of benzene rings is 2. The molecule has 1 heterocycles. The third kappa shape index (κ3) is 5.23. The van der Waals surface area contributed by atoms with Crippen LogP contribution in [0.3, 0.4) is 0 Å². The van der Waals surface area contributed by atoms with Crippen molar-refractivity contribution in [2.75, 3.05) is 36.9 Å². The van der Waals surface area contributed by atoms with E-state index in [1.54, 1.807) is 12.1 Å². The van der Waals surface area contributed by atoms with Crippen molar-refractivity contribution in [1.29, 1.82) is 0 Å². The lowest BCUT2D eigenvalue weighted by Crippen LogP contribution is -2.27. The fourth-order valence-electron chi connectivity index (χ4n) is 3.08. The summed E-state index contributed by atoms with van der Waals surface area (Å²) in [7, 11) is 0.